The number of hydrogen-bond acceptors (Lipinski definition) is 4. The molecule has 4 bridgehead atoms. The van der Waals surface area contributed by atoms with Crippen molar-refractivity contribution in [3.8, 4) is 0 Å². The number of amides is 2. The summed E-state index contributed by atoms with van der Waals surface area (Å²) >= 11 is 0. The summed E-state index contributed by atoms with van der Waals surface area (Å²) in [6, 6.07) is 5.41. The van der Waals surface area contributed by atoms with Crippen molar-refractivity contribution in [2.24, 2.45) is 17.3 Å². The molecule has 1 aromatic rings. The highest BCUT2D eigenvalue weighted by Gasteiger charge is 2.61. The van der Waals surface area contributed by atoms with Gasteiger partial charge in [0.25, 0.3) is 5.91 Å². The summed E-state index contributed by atoms with van der Waals surface area (Å²) in [7, 11) is 0. The van der Waals surface area contributed by atoms with Crippen LogP contribution >= 0.6 is 0 Å². The molecule has 0 radical (unpaired) electrons. The summed E-state index contributed by atoms with van der Waals surface area (Å²) in [6.45, 7) is 2.67. The molecule has 4 aliphatic carbocycles. The number of aromatic nitrogens is 1. The van der Waals surface area contributed by atoms with Gasteiger partial charge in [0.1, 0.15) is 5.69 Å². The van der Waals surface area contributed by atoms with E-state index in [0.717, 1.165) is 32.1 Å². The number of nitrogens with zero attached hydrogens (tertiary/aromatic N) is 2. The Labute approximate surface area is 159 Å². The zero-order chi connectivity index (χ0) is 18.5. The predicted molar refractivity (Wildman–Crippen MR) is 98.9 cm³/mol. The molecule has 2 heterocycles. The van der Waals surface area contributed by atoms with E-state index in [1.54, 1.807) is 12.3 Å². The fraction of sp³-hybridized carbons (Fsp3) is 0.667. The minimum Gasteiger partial charge on any atom is -0.378 e. The summed E-state index contributed by atoms with van der Waals surface area (Å²) in [4.78, 5) is 32.5. The molecule has 2 unspecified atom stereocenters. The van der Waals surface area contributed by atoms with Gasteiger partial charge in [0.05, 0.1) is 18.6 Å². The van der Waals surface area contributed by atoms with Crippen molar-refractivity contribution in [1.29, 1.82) is 0 Å². The SMILES string of the molecule is O=C(NC12CC3CC(C1)CC(C(=O)N1CCOCC1)(C3)C2)c1ccccn1. The van der Waals surface area contributed by atoms with E-state index in [9.17, 15) is 9.59 Å². The van der Waals surface area contributed by atoms with E-state index in [4.69, 9.17) is 4.74 Å². The fourth-order valence-corrected chi connectivity index (χ4v) is 6.56. The molecule has 1 saturated heterocycles. The monoisotopic (exact) mass is 369 g/mol. The quantitative estimate of drug-likeness (QED) is 0.885. The van der Waals surface area contributed by atoms with E-state index in [1.165, 1.54) is 6.42 Å². The highest BCUT2D eigenvalue weighted by molar-refractivity contribution is 5.93. The number of ether oxygens (including phenoxy) is 1. The molecule has 5 fully saturated rings. The average molecular weight is 369 g/mol. The molecule has 0 spiro atoms. The Balaban J connectivity index is 1.40. The lowest BCUT2D eigenvalue weighted by Gasteiger charge is -2.62. The minimum absolute atomic E-state index is 0.105. The number of rotatable bonds is 3. The smallest absolute Gasteiger partial charge is 0.270 e. The van der Waals surface area contributed by atoms with Crippen molar-refractivity contribution in [3.05, 3.63) is 30.1 Å². The highest BCUT2D eigenvalue weighted by atomic mass is 16.5. The van der Waals surface area contributed by atoms with E-state index in [0.29, 0.717) is 49.7 Å². The maximum atomic E-state index is 13.5. The fourth-order valence-electron chi connectivity index (χ4n) is 6.56. The van der Waals surface area contributed by atoms with Gasteiger partial charge in [-0.1, -0.05) is 6.07 Å². The molecule has 1 aromatic heterocycles. The molecular weight excluding hydrogens is 342 g/mol. The second-order valence-electron chi connectivity index (χ2n) is 9.10. The lowest BCUT2D eigenvalue weighted by Crippen LogP contribution is -2.66. The third-order valence-electron chi connectivity index (χ3n) is 7.09. The molecule has 1 N–H and O–H groups in total. The van der Waals surface area contributed by atoms with Crippen molar-refractivity contribution in [2.75, 3.05) is 26.3 Å². The maximum Gasteiger partial charge on any atom is 0.270 e. The van der Waals surface area contributed by atoms with E-state index >= 15 is 0 Å². The Morgan fingerprint density at radius 3 is 2.52 bits per heavy atom. The normalized spacial score (nSPS) is 37.3. The zero-order valence-corrected chi connectivity index (χ0v) is 15.7. The summed E-state index contributed by atoms with van der Waals surface area (Å²) in [6.07, 6.45) is 7.61. The minimum atomic E-state index is -0.293. The molecule has 144 valence electrons. The average Bonchev–Trinajstić information content (AvgIpc) is 2.67. The Hall–Kier alpha value is -1.95. The molecule has 2 atom stereocenters. The van der Waals surface area contributed by atoms with Gasteiger partial charge in [-0.15, -0.1) is 0 Å². The van der Waals surface area contributed by atoms with Crippen LogP contribution in [0, 0.1) is 17.3 Å². The second kappa shape index (κ2) is 6.30. The number of carbonyl (C=O) groups excluding carboxylic acids is 2. The van der Waals surface area contributed by atoms with Gasteiger partial charge in [-0.3, -0.25) is 14.6 Å². The Morgan fingerprint density at radius 1 is 1.11 bits per heavy atom. The van der Waals surface area contributed by atoms with Gasteiger partial charge >= 0.3 is 0 Å². The molecule has 27 heavy (non-hydrogen) atoms. The van der Waals surface area contributed by atoms with E-state index < -0.39 is 0 Å². The van der Waals surface area contributed by atoms with E-state index in [-0.39, 0.29) is 16.9 Å². The first-order chi connectivity index (χ1) is 13.1. The van der Waals surface area contributed by atoms with Gasteiger partial charge in [-0.25, -0.2) is 0 Å². The number of morpholine rings is 1. The topological polar surface area (TPSA) is 71.5 Å². The summed E-state index contributed by atoms with van der Waals surface area (Å²) in [5, 5.41) is 3.33. The predicted octanol–water partition coefficient (Wildman–Crippen LogP) is 2.01. The lowest BCUT2D eigenvalue weighted by atomic mass is 9.46. The first-order valence-corrected chi connectivity index (χ1v) is 10.2. The molecule has 6 nitrogen and oxygen atoms in total. The number of hydrogen-bond donors (Lipinski definition) is 1. The van der Waals surface area contributed by atoms with Crippen LogP contribution in [0.1, 0.15) is 49.0 Å². The van der Waals surface area contributed by atoms with Crippen LogP contribution in [0.4, 0.5) is 0 Å². The molecule has 6 rings (SSSR count). The van der Waals surface area contributed by atoms with Gasteiger partial charge < -0.3 is 15.0 Å². The Bertz CT molecular complexity index is 730. The lowest BCUT2D eigenvalue weighted by molar-refractivity contribution is -0.164. The Morgan fingerprint density at radius 2 is 1.85 bits per heavy atom. The maximum absolute atomic E-state index is 13.5. The molecule has 2 amide bonds. The number of carbonyl (C=O) groups is 2. The Kier molecular flexibility index (Phi) is 4.00. The molecule has 0 aromatic carbocycles. The van der Waals surface area contributed by atoms with Gasteiger partial charge in [0.15, 0.2) is 0 Å². The van der Waals surface area contributed by atoms with Crippen LogP contribution in [-0.2, 0) is 9.53 Å². The molecule has 5 aliphatic rings. The second-order valence-corrected chi connectivity index (χ2v) is 9.10. The van der Waals surface area contributed by atoms with Crippen LogP contribution in [0.5, 0.6) is 0 Å². The number of pyridine rings is 1. The third kappa shape index (κ3) is 2.94. The number of nitrogens with one attached hydrogen (secondary N) is 1. The van der Waals surface area contributed by atoms with Crippen molar-refractivity contribution in [2.45, 2.75) is 44.1 Å². The van der Waals surface area contributed by atoms with Crippen molar-refractivity contribution in [1.82, 2.24) is 15.2 Å². The zero-order valence-electron chi connectivity index (χ0n) is 15.7. The van der Waals surface area contributed by atoms with Gasteiger partial charge in [-0.2, -0.15) is 0 Å². The molecule has 6 heteroatoms. The van der Waals surface area contributed by atoms with E-state index in [1.807, 2.05) is 17.0 Å². The van der Waals surface area contributed by atoms with Gasteiger partial charge in [-0.05, 0) is 62.5 Å². The van der Waals surface area contributed by atoms with Crippen LogP contribution in [0.3, 0.4) is 0 Å². The van der Waals surface area contributed by atoms with Gasteiger partial charge in [0.2, 0.25) is 5.91 Å². The highest BCUT2D eigenvalue weighted by Crippen LogP contribution is 2.62. The summed E-state index contributed by atoms with van der Waals surface area (Å²) in [5.74, 6) is 1.28. The first-order valence-electron chi connectivity index (χ1n) is 10.2. The van der Waals surface area contributed by atoms with Crippen LogP contribution in [0.2, 0.25) is 0 Å². The first kappa shape index (κ1) is 17.2. The van der Waals surface area contributed by atoms with Crippen LogP contribution in [-0.4, -0.2) is 53.5 Å². The van der Waals surface area contributed by atoms with E-state index in [2.05, 4.69) is 10.3 Å². The van der Waals surface area contributed by atoms with Crippen LogP contribution in [0.15, 0.2) is 24.4 Å². The molecule has 1 aliphatic heterocycles. The summed E-state index contributed by atoms with van der Waals surface area (Å²) in [5.41, 5.74) is -0.0822. The van der Waals surface area contributed by atoms with Crippen molar-refractivity contribution in [3.63, 3.8) is 0 Å². The van der Waals surface area contributed by atoms with Gasteiger partial charge in [0, 0.05) is 24.8 Å². The third-order valence-corrected chi connectivity index (χ3v) is 7.09. The van der Waals surface area contributed by atoms with Crippen molar-refractivity contribution >= 4 is 11.8 Å². The van der Waals surface area contributed by atoms with Crippen LogP contribution < -0.4 is 5.32 Å². The largest absolute Gasteiger partial charge is 0.378 e. The molecule has 4 saturated carbocycles. The molecular formula is C21H27N3O3. The summed E-state index contributed by atoms with van der Waals surface area (Å²) < 4.78 is 5.43. The van der Waals surface area contributed by atoms with Crippen molar-refractivity contribution < 1.29 is 14.3 Å². The van der Waals surface area contributed by atoms with Crippen LogP contribution in [0.25, 0.3) is 0 Å². The standard InChI is InChI=1S/C21H27N3O3/c25-18(17-3-1-2-4-22-17)23-21-12-15-9-16(13-21)11-20(10-15,14-21)19(26)24-5-7-27-8-6-24/h1-4,15-16H,5-14H2,(H,23,25).